The summed E-state index contributed by atoms with van der Waals surface area (Å²) in [5.74, 6) is -1.02. The Morgan fingerprint density at radius 2 is 1.89 bits per heavy atom. The standard InChI is InChI=1S/C21H23NO5/c1-2-3-11-27-21(26)22-19(13-20(24)25)17-9-7-16(8-10-17)18-6-4-5-15(12-18)14-23/h4-10,12,14,19H,2-3,11,13H2,1H3,(H,22,26)(H,24,25). The van der Waals surface area contributed by atoms with Gasteiger partial charge in [0.2, 0.25) is 0 Å². The van der Waals surface area contributed by atoms with Crippen LogP contribution in [0.25, 0.3) is 11.1 Å². The van der Waals surface area contributed by atoms with Crippen molar-refractivity contribution in [2.45, 2.75) is 32.2 Å². The van der Waals surface area contributed by atoms with Crippen molar-refractivity contribution >= 4 is 18.3 Å². The third kappa shape index (κ3) is 6.26. The van der Waals surface area contributed by atoms with E-state index in [1.54, 1.807) is 30.3 Å². The van der Waals surface area contributed by atoms with Gasteiger partial charge in [-0.05, 0) is 29.2 Å². The van der Waals surface area contributed by atoms with Crippen LogP contribution >= 0.6 is 0 Å². The molecule has 2 aromatic rings. The number of amides is 1. The second-order valence-corrected chi connectivity index (χ2v) is 6.15. The highest BCUT2D eigenvalue weighted by Crippen LogP contribution is 2.24. The van der Waals surface area contributed by atoms with Crippen LogP contribution in [0.15, 0.2) is 48.5 Å². The fourth-order valence-corrected chi connectivity index (χ4v) is 2.62. The molecule has 0 fully saturated rings. The van der Waals surface area contributed by atoms with E-state index in [1.165, 1.54) is 0 Å². The molecule has 27 heavy (non-hydrogen) atoms. The SMILES string of the molecule is CCCCOC(=O)NC(CC(=O)O)c1ccc(-c2cccc(C=O)c2)cc1. The number of hydrogen-bond acceptors (Lipinski definition) is 4. The Morgan fingerprint density at radius 3 is 2.52 bits per heavy atom. The van der Waals surface area contributed by atoms with Gasteiger partial charge in [-0.1, -0.05) is 55.8 Å². The van der Waals surface area contributed by atoms with Crippen LogP contribution in [0.5, 0.6) is 0 Å². The van der Waals surface area contributed by atoms with Crippen molar-refractivity contribution < 1.29 is 24.2 Å². The van der Waals surface area contributed by atoms with E-state index in [-0.39, 0.29) is 6.42 Å². The smallest absolute Gasteiger partial charge is 0.407 e. The minimum absolute atomic E-state index is 0.247. The Balaban J connectivity index is 2.14. The first kappa shape index (κ1) is 20.2. The van der Waals surface area contributed by atoms with Gasteiger partial charge in [0, 0.05) is 5.56 Å². The lowest BCUT2D eigenvalue weighted by Crippen LogP contribution is -2.31. The number of hydrogen-bond donors (Lipinski definition) is 2. The highest BCUT2D eigenvalue weighted by atomic mass is 16.5. The van der Waals surface area contributed by atoms with Gasteiger partial charge in [-0.25, -0.2) is 4.79 Å². The number of alkyl carbamates (subject to hydrolysis) is 1. The number of carboxylic acid groups (broad SMARTS) is 1. The van der Waals surface area contributed by atoms with Gasteiger partial charge in [0.25, 0.3) is 0 Å². The van der Waals surface area contributed by atoms with E-state index in [1.807, 2.05) is 25.1 Å². The van der Waals surface area contributed by atoms with Crippen LogP contribution in [0, 0.1) is 0 Å². The zero-order valence-corrected chi connectivity index (χ0v) is 15.2. The van der Waals surface area contributed by atoms with Crippen molar-refractivity contribution in [3.05, 3.63) is 59.7 Å². The molecule has 0 aliphatic heterocycles. The average Bonchev–Trinajstić information content (AvgIpc) is 2.67. The molecule has 0 heterocycles. The molecule has 1 amide bonds. The minimum atomic E-state index is -1.02. The summed E-state index contributed by atoms with van der Waals surface area (Å²) >= 11 is 0. The van der Waals surface area contributed by atoms with Gasteiger partial charge in [-0.3, -0.25) is 9.59 Å². The third-order valence-electron chi connectivity index (χ3n) is 4.07. The molecule has 142 valence electrons. The summed E-state index contributed by atoms with van der Waals surface area (Å²) in [5.41, 5.74) is 3.02. The van der Waals surface area contributed by atoms with Crippen molar-refractivity contribution in [1.82, 2.24) is 5.32 Å². The Hall–Kier alpha value is -3.15. The second-order valence-electron chi connectivity index (χ2n) is 6.15. The maximum atomic E-state index is 11.9. The summed E-state index contributed by atoms with van der Waals surface area (Å²) in [6.45, 7) is 2.29. The lowest BCUT2D eigenvalue weighted by molar-refractivity contribution is -0.137. The van der Waals surface area contributed by atoms with E-state index in [2.05, 4.69) is 5.32 Å². The molecule has 0 aromatic heterocycles. The van der Waals surface area contributed by atoms with Gasteiger partial charge < -0.3 is 15.2 Å². The number of benzene rings is 2. The van der Waals surface area contributed by atoms with E-state index in [9.17, 15) is 14.4 Å². The second kappa shape index (κ2) is 10.1. The molecule has 2 aromatic carbocycles. The van der Waals surface area contributed by atoms with Gasteiger partial charge >= 0.3 is 12.1 Å². The Bertz CT molecular complexity index is 785. The molecule has 0 radical (unpaired) electrons. The number of carboxylic acids is 1. The molecule has 0 saturated carbocycles. The fraction of sp³-hybridized carbons (Fsp3) is 0.286. The normalized spacial score (nSPS) is 11.4. The monoisotopic (exact) mass is 369 g/mol. The number of rotatable bonds is 9. The maximum absolute atomic E-state index is 11.9. The first-order chi connectivity index (χ1) is 13.0. The summed E-state index contributed by atoms with van der Waals surface area (Å²) in [4.78, 5) is 34.0. The Labute approximate surface area is 158 Å². The zero-order valence-electron chi connectivity index (χ0n) is 15.2. The predicted octanol–water partition coefficient (Wildman–Crippen LogP) is 4.21. The molecule has 0 aliphatic rings. The van der Waals surface area contributed by atoms with E-state index in [0.29, 0.717) is 17.7 Å². The zero-order chi connectivity index (χ0) is 19.6. The number of aldehydes is 1. The predicted molar refractivity (Wildman–Crippen MR) is 102 cm³/mol. The minimum Gasteiger partial charge on any atom is -0.481 e. The molecular weight excluding hydrogens is 346 g/mol. The summed E-state index contributed by atoms with van der Waals surface area (Å²) in [6, 6.07) is 13.7. The molecule has 6 nitrogen and oxygen atoms in total. The average molecular weight is 369 g/mol. The van der Waals surface area contributed by atoms with Crippen LogP contribution in [0.3, 0.4) is 0 Å². The van der Waals surface area contributed by atoms with Gasteiger partial charge in [0.15, 0.2) is 0 Å². The van der Waals surface area contributed by atoms with Gasteiger partial charge in [-0.15, -0.1) is 0 Å². The molecule has 2 rings (SSSR count). The number of nitrogens with one attached hydrogen (secondary N) is 1. The van der Waals surface area contributed by atoms with E-state index in [4.69, 9.17) is 9.84 Å². The van der Waals surface area contributed by atoms with Gasteiger partial charge in [-0.2, -0.15) is 0 Å². The van der Waals surface area contributed by atoms with Crippen molar-refractivity contribution in [1.29, 1.82) is 0 Å². The first-order valence-corrected chi connectivity index (χ1v) is 8.84. The largest absolute Gasteiger partial charge is 0.481 e. The Kier molecular flexibility index (Phi) is 7.55. The summed E-state index contributed by atoms with van der Waals surface area (Å²) in [5, 5.41) is 11.8. The highest BCUT2D eigenvalue weighted by molar-refractivity contribution is 5.79. The molecule has 0 bridgehead atoms. The lowest BCUT2D eigenvalue weighted by atomic mass is 9.98. The van der Waals surface area contributed by atoms with Crippen LogP contribution in [0.4, 0.5) is 4.79 Å². The highest BCUT2D eigenvalue weighted by Gasteiger charge is 2.19. The molecule has 0 spiro atoms. The van der Waals surface area contributed by atoms with E-state index < -0.39 is 18.1 Å². The van der Waals surface area contributed by atoms with Crippen molar-refractivity contribution in [2.75, 3.05) is 6.61 Å². The lowest BCUT2D eigenvalue weighted by Gasteiger charge is -2.18. The fourth-order valence-electron chi connectivity index (χ4n) is 2.62. The van der Waals surface area contributed by atoms with Gasteiger partial charge in [0.05, 0.1) is 19.1 Å². The summed E-state index contributed by atoms with van der Waals surface area (Å²) in [6.07, 6.45) is 1.57. The number of carbonyl (C=O) groups is 3. The molecule has 1 atom stereocenters. The molecule has 2 N–H and O–H groups in total. The van der Waals surface area contributed by atoms with Crippen LogP contribution in [-0.4, -0.2) is 30.1 Å². The number of aliphatic carboxylic acids is 1. The van der Waals surface area contributed by atoms with Gasteiger partial charge in [0.1, 0.15) is 6.29 Å². The maximum Gasteiger partial charge on any atom is 0.407 e. The van der Waals surface area contributed by atoms with Crippen LogP contribution in [0.1, 0.15) is 48.1 Å². The quantitative estimate of drug-likeness (QED) is 0.510. The molecule has 6 heteroatoms. The Morgan fingerprint density at radius 1 is 1.15 bits per heavy atom. The van der Waals surface area contributed by atoms with Crippen molar-refractivity contribution in [2.24, 2.45) is 0 Å². The topological polar surface area (TPSA) is 92.7 Å². The summed E-state index contributed by atoms with van der Waals surface area (Å²) < 4.78 is 5.06. The van der Waals surface area contributed by atoms with Crippen LogP contribution in [-0.2, 0) is 9.53 Å². The number of unbranched alkanes of at least 4 members (excludes halogenated alkanes) is 1. The van der Waals surface area contributed by atoms with Crippen LogP contribution in [0.2, 0.25) is 0 Å². The van der Waals surface area contributed by atoms with E-state index in [0.717, 1.165) is 30.3 Å². The van der Waals surface area contributed by atoms with Crippen molar-refractivity contribution in [3.63, 3.8) is 0 Å². The van der Waals surface area contributed by atoms with Crippen LogP contribution < -0.4 is 5.32 Å². The molecule has 1 unspecified atom stereocenters. The molecule has 0 saturated heterocycles. The number of ether oxygens (including phenoxy) is 1. The summed E-state index contributed by atoms with van der Waals surface area (Å²) in [7, 11) is 0. The first-order valence-electron chi connectivity index (χ1n) is 8.84. The molecule has 0 aliphatic carbocycles. The molecular formula is C21H23NO5. The number of carbonyl (C=O) groups excluding carboxylic acids is 2. The van der Waals surface area contributed by atoms with Crippen molar-refractivity contribution in [3.8, 4) is 11.1 Å². The third-order valence-corrected chi connectivity index (χ3v) is 4.07. The van der Waals surface area contributed by atoms with E-state index >= 15 is 0 Å².